The first-order valence-electron chi connectivity index (χ1n) is 10.5. The fraction of sp³-hybridized carbons (Fsp3) is 0.364. The Hall–Kier alpha value is -2.43. The number of hydrogen-bond donors (Lipinski definition) is 1. The van der Waals surface area contributed by atoms with Gasteiger partial charge in [0.05, 0.1) is 12.1 Å². The van der Waals surface area contributed by atoms with Gasteiger partial charge in [0.1, 0.15) is 40.9 Å². The van der Waals surface area contributed by atoms with Gasteiger partial charge in [0.2, 0.25) is 0 Å². The van der Waals surface area contributed by atoms with Gasteiger partial charge in [0.15, 0.2) is 0 Å². The molecule has 146 valence electrons. The molecule has 1 atom stereocenters. The average molecular weight is 383 g/mol. The highest BCUT2D eigenvalue weighted by Crippen LogP contribution is 2.33. The maximum absolute atomic E-state index is 5.84. The minimum Gasteiger partial charge on any atom is -0.493 e. The van der Waals surface area contributed by atoms with Crippen molar-refractivity contribution >= 4 is 45.7 Å². The summed E-state index contributed by atoms with van der Waals surface area (Å²) in [6.07, 6.45) is 2.10. The minimum absolute atomic E-state index is 0.122. The van der Waals surface area contributed by atoms with Crippen molar-refractivity contribution in [3.63, 3.8) is 0 Å². The van der Waals surface area contributed by atoms with Crippen molar-refractivity contribution in [1.82, 2.24) is 9.97 Å². The summed E-state index contributed by atoms with van der Waals surface area (Å²) in [6.45, 7) is 7.21. The van der Waals surface area contributed by atoms with Crippen LogP contribution in [0, 0.1) is 6.92 Å². The van der Waals surface area contributed by atoms with E-state index < -0.39 is 0 Å². The van der Waals surface area contributed by atoms with Crippen molar-refractivity contribution in [2.45, 2.75) is 44.9 Å². The van der Waals surface area contributed by atoms with Gasteiger partial charge in [-0.3, -0.25) is 0 Å². The molecule has 2 heterocycles. The van der Waals surface area contributed by atoms with E-state index in [1.54, 1.807) is 0 Å². The second-order valence-corrected chi connectivity index (χ2v) is 9.18. The van der Waals surface area contributed by atoms with Gasteiger partial charge in [0.25, 0.3) is 0 Å². The molecule has 0 amide bonds. The molecule has 1 aliphatic rings. The highest BCUT2D eigenvalue weighted by Gasteiger charge is 2.21. The lowest BCUT2D eigenvalue weighted by Crippen LogP contribution is -2.32. The van der Waals surface area contributed by atoms with Crippen LogP contribution in [-0.4, -0.2) is 40.1 Å². The lowest BCUT2D eigenvalue weighted by Gasteiger charge is -2.26. The van der Waals surface area contributed by atoms with Gasteiger partial charge in [-0.1, -0.05) is 41.4 Å². The molecule has 2 aromatic carbocycles. The van der Waals surface area contributed by atoms with Gasteiger partial charge in [-0.25, -0.2) is 9.97 Å². The fourth-order valence-corrected chi connectivity index (χ4v) is 4.42. The average Bonchev–Trinajstić information content (AvgIpc) is 2.65. The third kappa shape index (κ3) is 3.87. The molecule has 4 nitrogen and oxygen atoms in total. The van der Waals surface area contributed by atoms with E-state index in [-0.39, 0.29) is 11.3 Å². The van der Waals surface area contributed by atoms with Gasteiger partial charge >= 0.3 is 0 Å². The summed E-state index contributed by atoms with van der Waals surface area (Å²) in [5.74, 6) is 2.63. The molecule has 7 heteroatoms. The molecule has 1 aliphatic heterocycles. The topological polar surface area (TPSA) is 47.0 Å². The number of nitrogens with zero attached hydrogens (tertiary/aromatic N) is 2. The fourth-order valence-electron chi connectivity index (χ4n) is 4.42. The summed E-state index contributed by atoms with van der Waals surface area (Å²) in [4.78, 5) is 9.41. The van der Waals surface area contributed by atoms with Crippen LogP contribution in [0.25, 0.3) is 10.9 Å². The molecule has 0 saturated carbocycles. The number of ether oxygens (including phenoxy) is 1. The molecule has 0 bridgehead atoms. The smallest absolute Gasteiger partial charge is 0.140 e. The van der Waals surface area contributed by atoms with Crippen LogP contribution in [0.2, 0.25) is 0 Å². The molecule has 29 heavy (non-hydrogen) atoms. The van der Waals surface area contributed by atoms with E-state index in [2.05, 4.69) is 78.0 Å². The molecule has 4 rings (SSSR count). The number of aromatic nitrogens is 2. The summed E-state index contributed by atoms with van der Waals surface area (Å²) in [7, 11) is 6.76. The molecule has 0 aliphatic carbocycles. The van der Waals surface area contributed by atoms with Gasteiger partial charge < -0.3 is 10.1 Å². The molecule has 0 unspecified atom stereocenters. The summed E-state index contributed by atoms with van der Waals surface area (Å²) < 4.78 is 5.84. The number of anilines is 1. The number of fused-ring (bicyclic) bond motifs is 2. The van der Waals surface area contributed by atoms with Crippen LogP contribution in [0.5, 0.6) is 5.75 Å². The Morgan fingerprint density at radius 2 is 2.00 bits per heavy atom. The van der Waals surface area contributed by atoms with E-state index in [1.807, 2.05) is 6.92 Å². The number of nitrogens with one attached hydrogen (secondary N) is 1. The SMILES string of the molecule is Bc1c([C@@H](C)Nc2nc(C)nc3cc4c(cc23)CCCO4)cccc1C(B)(B)C. The summed E-state index contributed by atoms with van der Waals surface area (Å²) in [6, 6.07) is 11.0. The third-order valence-electron chi connectivity index (χ3n) is 5.84. The molecule has 3 aromatic rings. The van der Waals surface area contributed by atoms with Crippen molar-refractivity contribution in [3.05, 3.63) is 52.8 Å². The Bertz CT molecular complexity index is 1080. The van der Waals surface area contributed by atoms with Crippen molar-refractivity contribution in [1.29, 1.82) is 0 Å². The zero-order chi connectivity index (χ0) is 20.8. The minimum atomic E-state index is 0.122. The molecular formula is C22H28B3N3O. The first-order valence-corrected chi connectivity index (χ1v) is 10.5. The molecule has 1 N–H and O–H groups in total. The van der Waals surface area contributed by atoms with Crippen LogP contribution in [0.3, 0.4) is 0 Å². The summed E-state index contributed by atoms with van der Waals surface area (Å²) in [5, 5.41) is 4.86. The van der Waals surface area contributed by atoms with Crippen molar-refractivity contribution < 1.29 is 4.74 Å². The molecule has 1 aromatic heterocycles. The second kappa shape index (κ2) is 7.44. The first kappa shape index (κ1) is 19.9. The molecule has 0 saturated heterocycles. The van der Waals surface area contributed by atoms with Crippen LogP contribution >= 0.6 is 0 Å². The van der Waals surface area contributed by atoms with E-state index >= 15 is 0 Å². The Balaban J connectivity index is 1.74. The number of hydrogen-bond acceptors (Lipinski definition) is 4. The van der Waals surface area contributed by atoms with E-state index in [0.717, 1.165) is 47.7 Å². The van der Waals surface area contributed by atoms with Crippen LogP contribution in [-0.2, 0) is 11.6 Å². The Labute approximate surface area is 176 Å². The van der Waals surface area contributed by atoms with Crippen LogP contribution in [0.4, 0.5) is 5.82 Å². The van der Waals surface area contributed by atoms with Crippen LogP contribution in [0.1, 0.15) is 48.8 Å². The maximum atomic E-state index is 5.84. The standard InChI is InChI=1S/C22H28B3N3O/c1-12(15-7-4-8-17(20(15)23)22(3,24)25)26-21-16-10-14-6-5-9-29-19(14)11-18(16)27-13(2)28-21/h4,7-8,10-12H,5-6,9,23-25H2,1-3H3,(H,26,27,28)/t12-/m1/s1. The van der Waals surface area contributed by atoms with Crippen molar-refractivity contribution in [2.75, 3.05) is 11.9 Å². The zero-order valence-corrected chi connectivity index (χ0v) is 18.4. The normalized spacial score (nSPS) is 14.9. The lowest BCUT2D eigenvalue weighted by atomic mass is 9.50. The molecular weight excluding hydrogens is 355 g/mol. The Kier molecular flexibility index (Phi) is 5.10. The number of rotatable bonds is 4. The second-order valence-electron chi connectivity index (χ2n) is 9.18. The molecule has 0 fully saturated rings. The Morgan fingerprint density at radius 1 is 1.21 bits per heavy atom. The highest BCUT2D eigenvalue weighted by atomic mass is 16.5. The van der Waals surface area contributed by atoms with Gasteiger partial charge in [-0.05, 0) is 43.9 Å². The number of benzene rings is 2. The predicted molar refractivity (Wildman–Crippen MR) is 129 cm³/mol. The summed E-state index contributed by atoms with van der Waals surface area (Å²) in [5.41, 5.74) is 6.23. The molecule has 0 spiro atoms. The lowest BCUT2D eigenvalue weighted by molar-refractivity contribution is 0.289. The van der Waals surface area contributed by atoms with Crippen molar-refractivity contribution in [2.24, 2.45) is 0 Å². The first-order chi connectivity index (χ1) is 13.7. The van der Waals surface area contributed by atoms with E-state index in [1.165, 1.54) is 22.2 Å². The quantitative estimate of drug-likeness (QED) is 0.687. The molecule has 0 radical (unpaired) electrons. The van der Waals surface area contributed by atoms with Gasteiger partial charge in [-0.2, -0.15) is 0 Å². The van der Waals surface area contributed by atoms with Crippen LogP contribution < -0.4 is 15.5 Å². The van der Waals surface area contributed by atoms with Crippen LogP contribution in [0.15, 0.2) is 30.3 Å². The third-order valence-corrected chi connectivity index (χ3v) is 5.84. The monoisotopic (exact) mass is 383 g/mol. The highest BCUT2D eigenvalue weighted by molar-refractivity contribution is 6.43. The van der Waals surface area contributed by atoms with E-state index in [0.29, 0.717) is 0 Å². The zero-order valence-electron chi connectivity index (χ0n) is 18.4. The maximum Gasteiger partial charge on any atom is 0.140 e. The van der Waals surface area contributed by atoms with E-state index in [4.69, 9.17) is 9.72 Å². The van der Waals surface area contributed by atoms with Gasteiger partial charge in [-0.15, -0.1) is 0 Å². The largest absolute Gasteiger partial charge is 0.493 e. The van der Waals surface area contributed by atoms with Crippen molar-refractivity contribution in [3.8, 4) is 5.75 Å². The Morgan fingerprint density at radius 3 is 2.76 bits per heavy atom. The predicted octanol–water partition coefficient (Wildman–Crippen LogP) is 1.13. The number of aryl methyl sites for hydroxylation is 2. The summed E-state index contributed by atoms with van der Waals surface area (Å²) >= 11 is 0. The van der Waals surface area contributed by atoms with Gasteiger partial charge in [0, 0.05) is 17.5 Å². The van der Waals surface area contributed by atoms with E-state index in [9.17, 15) is 0 Å².